The molecule has 5 heteroatoms. The minimum absolute atomic E-state index is 0.0999. The van der Waals surface area contributed by atoms with Gasteiger partial charge in [0.2, 0.25) is 5.91 Å². The number of hydrogen-bond donors (Lipinski definition) is 2. The summed E-state index contributed by atoms with van der Waals surface area (Å²) in [7, 11) is 1.86. The fourth-order valence-electron chi connectivity index (χ4n) is 2.65. The van der Waals surface area contributed by atoms with E-state index < -0.39 is 0 Å². The molecule has 1 aromatic carbocycles. The van der Waals surface area contributed by atoms with Crippen LogP contribution in [0.3, 0.4) is 0 Å². The van der Waals surface area contributed by atoms with Crippen LogP contribution in [0.2, 0.25) is 0 Å². The predicted octanol–water partition coefficient (Wildman–Crippen LogP) is 1.91. The molecule has 0 radical (unpaired) electrons. The van der Waals surface area contributed by atoms with Crippen LogP contribution < -0.4 is 15.5 Å². The first-order valence-corrected chi connectivity index (χ1v) is 7.62. The lowest BCUT2D eigenvalue weighted by Gasteiger charge is -2.20. The molecule has 1 saturated heterocycles. The predicted molar refractivity (Wildman–Crippen MR) is 82.9 cm³/mol. The number of benzene rings is 1. The Hall–Kier alpha value is -1.62. The van der Waals surface area contributed by atoms with Crippen LogP contribution in [-0.2, 0) is 4.79 Å². The Morgan fingerprint density at radius 3 is 3.00 bits per heavy atom. The number of hydrogen-bond acceptors (Lipinski definition) is 3. The highest BCUT2D eigenvalue weighted by atomic mass is 19.1. The van der Waals surface area contributed by atoms with Crippen molar-refractivity contribution in [3.05, 3.63) is 30.1 Å². The molecule has 0 aliphatic carbocycles. The lowest BCUT2D eigenvalue weighted by atomic mass is 10.1. The van der Waals surface area contributed by atoms with Gasteiger partial charge in [-0.1, -0.05) is 12.1 Å². The zero-order valence-corrected chi connectivity index (χ0v) is 12.6. The van der Waals surface area contributed by atoms with Crippen molar-refractivity contribution in [2.75, 3.05) is 31.6 Å². The number of carbonyl (C=O) groups excluding carboxylic acids is 1. The van der Waals surface area contributed by atoms with E-state index in [0.717, 1.165) is 25.8 Å². The third-order valence-electron chi connectivity index (χ3n) is 3.85. The molecule has 1 aromatic rings. The Balaban J connectivity index is 1.63. The summed E-state index contributed by atoms with van der Waals surface area (Å²) in [6, 6.07) is 7.07. The highest BCUT2D eigenvalue weighted by molar-refractivity contribution is 5.76. The second-order valence-electron chi connectivity index (χ2n) is 5.57. The second-order valence-corrected chi connectivity index (χ2v) is 5.57. The molecule has 2 N–H and O–H groups in total. The molecule has 2 rings (SSSR count). The van der Waals surface area contributed by atoms with Gasteiger partial charge in [0.1, 0.15) is 5.82 Å². The lowest BCUT2D eigenvalue weighted by molar-refractivity contribution is -0.121. The van der Waals surface area contributed by atoms with Crippen LogP contribution in [0.15, 0.2) is 24.3 Å². The van der Waals surface area contributed by atoms with Gasteiger partial charge in [-0.25, -0.2) is 4.39 Å². The largest absolute Gasteiger partial charge is 0.372 e. The molecular formula is C16H24FN3O. The Labute approximate surface area is 125 Å². The van der Waals surface area contributed by atoms with Crippen LogP contribution in [0, 0.1) is 5.82 Å². The van der Waals surface area contributed by atoms with Crippen molar-refractivity contribution in [3.63, 3.8) is 0 Å². The summed E-state index contributed by atoms with van der Waals surface area (Å²) in [6.07, 6.45) is 3.60. The number of para-hydroxylation sites is 1. The van der Waals surface area contributed by atoms with Crippen molar-refractivity contribution < 1.29 is 9.18 Å². The zero-order chi connectivity index (χ0) is 15.1. The summed E-state index contributed by atoms with van der Waals surface area (Å²) in [6.45, 7) is 2.36. The van der Waals surface area contributed by atoms with Gasteiger partial charge in [0.05, 0.1) is 5.69 Å². The summed E-state index contributed by atoms with van der Waals surface area (Å²) in [5, 5.41) is 6.24. The molecule has 116 valence electrons. The molecule has 0 bridgehead atoms. The standard InChI is InChI=1S/C16H24FN3O/c1-20(15-8-3-2-7-14(15)17)11-5-10-19-16(21)12-13-6-4-9-18-13/h2-3,7-8,13,18H,4-6,9-12H2,1H3,(H,19,21). The molecule has 1 aliphatic heterocycles. The third-order valence-corrected chi connectivity index (χ3v) is 3.85. The third kappa shape index (κ3) is 5.01. The average molecular weight is 293 g/mol. The molecule has 4 nitrogen and oxygen atoms in total. The Morgan fingerprint density at radius 1 is 1.48 bits per heavy atom. The van der Waals surface area contributed by atoms with Gasteiger partial charge in [-0.2, -0.15) is 0 Å². The van der Waals surface area contributed by atoms with E-state index in [1.54, 1.807) is 12.1 Å². The van der Waals surface area contributed by atoms with Gasteiger partial charge in [-0.3, -0.25) is 4.79 Å². The van der Waals surface area contributed by atoms with Crippen LogP contribution >= 0.6 is 0 Å². The molecule has 0 aromatic heterocycles. The van der Waals surface area contributed by atoms with E-state index in [0.29, 0.717) is 31.2 Å². The van der Waals surface area contributed by atoms with Crippen molar-refractivity contribution in [1.29, 1.82) is 0 Å². The van der Waals surface area contributed by atoms with Crippen LogP contribution in [0.4, 0.5) is 10.1 Å². The summed E-state index contributed by atoms with van der Waals surface area (Å²) in [5.41, 5.74) is 0.596. The zero-order valence-electron chi connectivity index (χ0n) is 12.6. The maximum Gasteiger partial charge on any atom is 0.221 e. The number of amides is 1. The fourth-order valence-corrected chi connectivity index (χ4v) is 2.65. The summed E-state index contributed by atoms with van der Waals surface area (Å²) in [5.74, 6) is -0.112. The number of rotatable bonds is 7. The van der Waals surface area contributed by atoms with Gasteiger partial charge in [0.15, 0.2) is 0 Å². The van der Waals surface area contributed by atoms with Crippen LogP contribution in [0.25, 0.3) is 0 Å². The van der Waals surface area contributed by atoms with Gasteiger partial charge in [0.25, 0.3) is 0 Å². The molecule has 0 spiro atoms. The number of anilines is 1. The highest BCUT2D eigenvalue weighted by Gasteiger charge is 2.17. The second kappa shape index (κ2) is 7.98. The van der Waals surface area contributed by atoms with E-state index in [1.807, 2.05) is 18.0 Å². The van der Waals surface area contributed by atoms with Crippen LogP contribution in [0.1, 0.15) is 25.7 Å². The molecule has 1 unspecified atom stereocenters. The highest BCUT2D eigenvalue weighted by Crippen LogP contribution is 2.16. The van der Waals surface area contributed by atoms with Crippen LogP contribution in [0.5, 0.6) is 0 Å². The van der Waals surface area contributed by atoms with Gasteiger partial charge in [-0.05, 0) is 37.9 Å². The Bertz CT molecular complexity index is 461. The lowest BCUT2D eigenvalue weighted by Crippen LogP contribution is -2.33. The first-order valence-electron chi connectivity index (χ1n) is 7.62. The SMILES string of the molecule is CN(CCCNC(=O)CC1CCCN1)c1ccccc1F. The number of halogens is 1. The van der Waals surface area contributed by atoms with Gasteiger partial charge < -0.3 is 15.5 Å². The van der Waals surface area contributed by atoms with Crippen LogP contribution in [-0.4, -0.2) is 38.6 Å². The van der Waals surface area contributed by atoms with Gasteiger partial charge in [-0.15, -0.1) is 0 Å². The summed E-state index contributed by atoms with van der Waals surface area (Å²) < 4.78 is 13.6. The topological polar surface area (TPSA) is 44.4 Å². The molecule has 1 fully saturated rings. The monoisotopic (exact) mass is 293 g/mol. The summed E-state index contributed by atoms with van der Waals surface area (Å²) >= 11 is 0. The Kier molecular flexibility index (Phi) is 5.99. The van der Waals surface area contributed by atoms with E-state index in [4.69, 9.17) is 0 Å². The first kappa shape index (κ1) is 15.8. The van der Waals surface area contributed by atoms with Crippen molar-refractivity contribution >= 4 is 11.6 Å². The average Bonchev–Trinajstić information content (AvgIpc) is 2.96. The molecule has 1 atom stereocenters. The normalized spacial score (nSPS) is 17.7. The molecular weight excluding hydrogens is 269 g/mol. The maximum atomic E-state index is 13.6. The molecule has 1 amide bonds. The molecule has 1 aliphatic rings. The molecule has 0 saturated carbocycles. The molecule has 21 heavy (non-hydrogen) atoms. The smallest absolute Gasteiger partial charge is 0.221 e. The molecule has 1 heterocycles. The quantitative estimate of drug-likeness (QED) is 0.755. The van der Waals surface area contributed by atoms with E-state index in [1.165, 1.54) is 6.07 Å². The van der Waals surface area contributed by atoms with Gasteiger partial charge in [0, 0.05) is 32.6 Å². The van der Waals surface area contributed by atoms with Crippen molar-refractivity contribution in [1.82, 2.24) is 10.6 Å². The minimum Gasteiger partial charge on any atom is -0.372 e. The minimum atomic E-state index is -0.212. The number of nitrogens with one attached hydrogen (secondary N) is 2. The van der Waals surface area contributed by atoms with Crippen molar-refractivity contribution in [3.8, 4) is 0 Å². The first-order chi connectivity index (χ1) is 10.2. The van der Waals surface area contributed by atoms with E-state index in [9.17, 15) is 9.18 Å². The fraction of sp³-hybridized carbons (Fsp3) is 0.562. The van der Waals surface area contributed by atoms with Crippen molar-refractivity contribution in [2.45, 2.75) is 31.7 Å². The van der Waals surface area contributed by atoms with E-state index in [2.05, 4.69) is 10.6 Å². The Morgan fingerprint density at radius 2 is 2.29 bits per heavy atom. The van der Waals surface area contributed by atoms with E-state index in [-0.39, 0.29) is 11.7 Å². The maximum absolute atomic E-state index is 13.6. The number of nitrogens with zero attached hydrogens (tertiary/aromatic N) is 1. The summed E-state index contributed by atoms with van der Waals surface area (Å²) in [4.78, 5) is 13.6. The number of carbonyl (C=O) groups is 1. The van der Waals surface area contributed by atoms with E-state index >= 15 is 0 Å². The van der Waals surface area contributed by atoms with Crippen molar-refractivity contribution in [2.24, 2.45) is 0 Å². The van der Waals surface area contributed by atoms with Gasteiger partial charge >= 0.3 is 0 Å².